The van der Waals surface area contributed by atoms with Gasteiger partial charge in [-0.05, 0) is 24.3 Å². The van der Waals surface area contributed by atoms with Crippen molar-refractivity contribution in [3.05, 3.63) is 0 Å². The third-order valence-electron chi connectivity index (χ3n) is 2.92. The molecule has 0 amide bonds. The van der Waals surface area contributed by atoms with E-state index in [0.29, 0.717) is 5.92 Å². The van der Waals surface area contributed by atoms with Crippen LogP contribution >= 0.6 is 12.6 Å². The lowest BCUT2D eigenvalue weighted by atomic mass is 9.60. The largest absolute Gasteiger partial charge is 0.393 e. The molecule has 0 saturated heterocycles. The van der Waals surface area contributed by atoms with Crippen molar-refractivity contribution in [1.82, 2.24) is 5.32 Å². The Hall–Kier alpha value is 0.270. The van der Waals surface area contributed by atoms with Crippen LogP contribution in [0.4, 0.5) is 0 Å². The minimum absolute atomic E-state index is 0.103. The summed E-state index contributed by atoms with van der Waals surface area (Å²) in [6, 6.07) is 0. The molecule has 2 N–H and O–H groups in total. The van der Waals surface area contributed by atoms with Crippen molar-refractivity contribution >= 4 is 12.6 Å². The molecule has 0 heterocycles. The molecule has 1 aliphatic rings. The lowest BCUT2D eigenvalue weighted by molar-refractivity contribution is -0.0960. The highest BCUT2D eigenvalue weighted by atomic mass is 32.1. The van der Waals surface area contributed by atoms with Gasteiger partial charge in [0.1, 0.15) is 0 Å². The van der Waals surface area contributed by atoms with Crippen molar-refractivity contribution in [2.24, 2.45) is 11.3 Å². The molecule has 66 valence electrons. The Morgan fingerprint density at radius 1 is 1.64 bits per heavy atom. The van der Waals surface area contributed by atoms with Crippen molar-refractivity contribution in [2.75, 3.05) is 12.4 Å². The van der Waals surface area contributed by atoms with Crippen LogP contribution in [0, 0.1) is 11.3 Å². The molecule has 3 heteroatoms. The van der Waals surface area contributed by atoms with Crippen molar-refractivity contribution in [1.29, 1.82) is 0 Å². The molecule has 1 aliphatic carbocycles. The van der Waals surface area contributed by atoms with Gasteiger partial charge in [0.25, 0.3) is 0 Å². The van der Waals surface area contributed by atoms with Gasteiger partial charge in [-0.15, -0.1) is 0 Å². The molecule has 0 bridgehead atoms. The second kappa shape index (κ2) is 3.33. The fourth-order valence-electron chi connectivity index (χ4n) is 1.57. The van der Waals surface area contributed by atoms with Crippen molar-refractivity contribution < 1.29 is 5.11 Å². The maximum absolute atomic E-state index is 9.40. The summed E-state index contributed by atoms with van der Waals surface area (Å²) in [5, 5.41) is 12.6. The topological polar surface area (TPSA) is 32.3 Å². The summed E-state index contributed by atoms with van der Waals surface area (Å²) < 4.78 is 0. The van der Waals surface area contributed by atoms with E-state index in [-0.39, 0.29) is 11.5 Å². The monoisotopic (exact) mass is 175 g/mol. The van der Waals surface area contributed by atoms with Gasteiger partial charge < -0.3 is 10.4 Å². The number of aliphatic hydroxyl groups excluding tert-OH is 1. The predicted molar refractivity (Wildman–Crippen MR) is 49.8 cm³/mol. The molecule has 0 radical (unpaired) electrons. The lowest BCUT2D eigenvalue weighted by Gasteiger charge is -2.49. The van der Waals surface area contributed by atoms with Crippen LogP contribution in [0.1, 0.15) is 20.3 Å². The first-order valence-corrected chi connectivity index (χ1v) is 4.72. The zero-order valence-electron chi connectivity index (χ0n) is 7.17. The maximum Gasteiger partial charge on any atom is 0.0597 e. The van der Waals surface area contributed by atoms with Gasteiger partial charge in [0.15, 0.2) is 0 Å². The zero-order valence-corrected chi connectivity index (χ0v) is 8.06. The standard InChI is InChI=1S/C8H17NOS/c1-8(2)6(3-7(8)10)4-9-5-11/h6-7,9-11H,3-5H2,1-2H3. The van der Waals surface area contributed by atoms with E-state index in [9.17, 15) is 5.11 Å². The fraction of sp³-hybridized carbons (Fsp3) is 1.00. The third-order valence-corrected chi connectivity index (χ3v) is 3.14. The second-order valence-corrected chi connectivity index (χ2v) is 4.20. The minimum Gasteiger partial charge on any atom is -0.393 e. The van der Waals surface area contributed by atoms with Gasteiger partial charge in [-0.1, -0.05) is 13.8 Å². The van der Waals surface area contributed by atoms with Gasteiger partial charge >= 0.3 is 0 Å². The molecule has 1 rings (SSSR count). The molecule has 0 aromatic heterocycles. The first-order valence-electron chi connectivity index (χ1n) is 4.08. The average molecular weight is 175 g/mol. The van der Waals surface area contributed by atoms with E-state index in [1.807, 2.05) is 0 Å². The van der Waals surface area contributed by atoms with Gasteiger partial charge in [-0.2, -0.15) is 12.6 Å². The van der Waals surface area contributed by atoms with Crippen LogP contribution in [-0.2, 0) is 0 Å². The van der Waals surface area contributed by atoms with E-state index in [1.54, 1.807) is 0 Å². The van der Waals surface area contributed by atoms with Crippen LogP contribution in [0.3, 0.4) is 0 Å². The molecule has 1 fully saturated rings. The van der Waals surface area contributed by atoms with E-state index < -0.39 is 0 Å². The van der Waals surface area contributed by atoms with Gasteiger partial charge in [-0.25, -0.2) is 0 Å². The molecule has 1 saturated carbocycles. The number of hydrogen-bond acceptors (Lipinski definition) is 3. The SMILES string of the molecule is CC1(C)C(O)CC1CNCS. The Labute approximate surface area is 73.8 Å². The van der Waals surface area contributed by atoms with Crippen LogP contribution in [0.25, 0.3) is 0 Å². The molecule has 0 spiro atoms. The van der Waals surface area contributed by atoms with Crippen LogP contribution in [0.15, 0.2) is 0 Å². The molecular weight excluding hydrogens is 158 g/mol. The number of aliphatic hydroxyl groups is 1. The van der Waals surface area contributed by atoms with E-state index in [0.717, 1.165) is 18.8 Å². The predicted octanol–water partition coefficient (Wildman–Crippen LogP) is 0.870. The van der Waals surface area contributed by atoms with E-state index >= 15 is 0 Å². The third kappa shape index (κ3) is 1.71. The Kier molecular flexibility index (Phi) is 2.84. The maximum atomic E-state index is 9.40. The van der Waals surface area contributed by atoms with Gasteiger partial charge in [0.05, 0.1) is 6.10 Å². The summed E-state index contributed by atoms with van der Waals surface area (Å²) >= 11 is 4.06. The summed E-state index contributed by atoms with van der Waals surface area (Å²) in [7, 11) is 0. The highest BCUT2D eigenvalue weighted by Crippen LogP contribution is 2.45. The van der Waals surface area contributed by atoms with Crippen LogP contribution < -0.4 is 5.32 Å². The quantitative estimate of drug-likeness (QED) is 0.439. The second-order valence-electron chi connectivity index (χ2n) is 3.88. The number of nitrogens with one attached hydrogen (secondary N) is 1. The molecule has 11 heavy (non-hydrogen) atoms. The zero-order chi connectivity index (χ0) is 8.48. The molecular formula is C8H17NOS. The summed E-state index contributed by atoms with van der Waals surface area (Å²) in [4.78, 5) is 0. The van der Waals surface area contributed by atoms with Crippen molar-refractivity contribution in [3.8, 4) is 0 Å². The van der Waals surface area contributed by atoms with E-state index in [4.69, 9.17) is 0 Å². The molecule has 2 atom stereocenters. The Morgan fingerprint density at radius 3 is 2.64 bits per heavy atom. The molecule has 0 aromatic carbocycles. The number of hydrogen-bond donors (Lipinski definition) is 3. The summed E-state index contributed by atoms with van der Waals surface area (Å²) in [5.74, 6) is 1.34. The summed E-state index contributed by atoms with van der Waals surface area (Å²) in [6.07, 6.45) is 0.836. The van der Waals surface area contributed by atoms with Gasteiger partial charge in [0, 0.05) is 5.88 Å². The van der Waals surface area contributed by atoms with Gasteiger partial charge in [0.2, 0.25) is 0 Å². The first kappa shape index (κ1) is 9.36. The van der Waals surface area contributed by atoms with Crippen LogP contribution in [0.2, 0.25) is 0 Å². The molecule has 0 aromatic rings. The molecule has 2 unspecified atom stereocenters. The lowest BCUT2D eigenvalue weighted by Crippen LogP contribution is -2.52. The van der Waals surface area contributed by atoms with Crippen molar-refractivity contribution in [3.63, 3.8) is 0 Å². The van der Waals surface area contributed by atoms with E-state index in [2.05, 4.69) is 31.8 Å². The normalized spacial score (nSPS) is 34.9. The fourth-order valence-corrected chi connectivity index (χ4v) is 1.70. The van der Waals surface area contributed by atoms with Crippen LogP contribution in [-0.4, -0.2) is 23.6 Å². The minimum atomic E-state index is -0.103. The summed E-state index contributed by atoms with van der Waals surface area (Å²) in [5.41, 5.74) is 0.107. The highest BCUT2D eigenvalue weighted by molar-refractivity contribution is 7.80. The molecule has 0 aliphatic heterocycles. The highest BCUT2D eigenvalue weighted by Gasteiger charge is 2.46. The number of rotatable bonds is 3. The molecule has 2 nitrogen and oxygen atoms in total. The Bertz CT molecular complexity index is 138. The van der Waals surface area contributed by atoms with Crippen LogP contribution in [0.5, 0.6) is 0 Å². The Balaban J connectivity index is 2.28. The first-order chi connectivity index (χ1) is 5.09. The van der Waals surface area contributed by atoms with E-state index in [1.165, 1.54) is 0 Å². The van der Waals surface area contributed by atoms with Gasteiger partial charge in [-0.3, -0.25) is 0 Å². The van der Waals surface area contributed by atoms with Crippen molar-refractivity contribution in [2.45, 2.75) is 26.4 Å². The smallest absolute Gasteiger partial charge is 0.0597 e. The number of thiol groups is 1. The summed E-state index contributed by atoms with van der Waals surface area (Å²) in [6.45, 7) is 5.21. The average Bonchev–Trinajstić information content (AvgIpc) is 1.97. The Morgan fingerprint density at radius 2 is 2.27 bits per heavy atom.